The Morgan fingerprint density at radius 3 is 2.67 bits per heavy atom. The van der Waals surface area contributed by atoms with Crippen molar-refractivity contribution in [3.63, 3.8) is 0 Å². The first-order valence-corrected chi connectivity index (χ1v) is 8.93. The van der Waals surface area contributed by atoms with Gasteiger partial charge in [0, 0.05) is 34.8 Å². The number of aromatic nitrogens is 2. The van der Waals surface area contributed by atoms with Gasteiger partial charge < -0.3 is 15.5 Å². The standard InChI is InChI=1S/C19H12Cl2N4O2/c1-7-12-13(7)17-15(18(26)25-9-2-3-10(20)11(21)4-9)14(16(12)27-17)8-5-23-19(22)24-6-8/h2-6,12H,1H3,(H,25,26)(H2,22,23,24)/t12-/m0/s1. The van der Waals surface area contributed by atoms with Crippen LogP contribution in [0.3, 0.4) is 0 Å². The number of furan rings is 1. The highest BCUT2D eigenvalue weighted by Crippen LogP contribution is 2.64. The van der Waals surface area contributed by atoms with E-state index in [0.717, 1.165) is 11.3 Å². The Balaban J connectivity index is 1.58. The molecule has 8 heteroatoms. The first kappa shape index (κ1) is 16.4. The second kappa shape index (κ2) is 5.58. The molecule has 2 aliphatic rings. The fraction of sp³-hybridized carbons (Fsp3) is 0.105. The van der Waals surface area contributed by atoms with Crippen molar-refractivity contribution in [1.29, 1.82) is 0 Å². The summed E-state index contributed by atoms with van der Waals surface area (Å²) < 4.78 is 5.92. The Morgan fingerprint density at radius 2 is 1.96 bits per heavy atom. The van der Waals surface area contributed by atoms with Crippen LogP contribution in [-0.4, -0.2) is 15.9 Å². The van der Waals surface area contributed by atoms with Gasteiger partial charge in [0.15, 0.2) is 0 Å². The average Bonchev–Trinajstić information content (AvgIpc) is 3.01. The van der Waals surface area contributed by atoms with Crippen molar-refractivity contribution in [2.75, 3.05) is 11.1 Å². The van der Waals surface area contributed by atoms with Crippen LogP contribution >= 0.6 is 23.2 Å². The smallest absolute Gasteiger partial charge is 0.260 e. The number of nitrogens with one attached hydrogen (secondary N) is 1. The number of hydrogen-bond acceptors (Lipinski definition) is 5. The van der Waals surface area contributed by atoms with Gasteiger partial charge in [-0.2, -0.15) is 0 Å². The number of carbonyl (C=O) groups excluding carboxylic acids is 1. The molecule has 0 spiro atoms. The van der Waals surface area contributed by atoms with E-state index >= 15 is 0 Å². The molecule has 6 nitrogen and oxygen atoms in total. The number of allylic oxidation sites excluding steroid dienone is 2. The normalized spacial score (nSPS) is 16.5. The Morgan fingerprint density at radius 1 is 1.22 bits per heavy atom. The molecule has 3 N–H and O–H groups in total. The number of nitrogens with zero attached hydrogens (tertiary/aromatic N) is 2. The van der Waals surface area contributed by atoms with Crippen LogP contribution in [0.1, 0.15) is 34.7 Å². The van der Waals surface area contributed by atoms with Gasteiger partial charge >= 0.3 is 0 Å². The van der Waals surface area contributed by atoms with Gasteiger partial charge in [-0.05, 0) is 25.1 Å². The zero-order valence-corrected chi connectivity index (χ0v) is 15.5. The highest BCUT2D eigenvalue weighted by molar-refractivity contribution is 6.42. The summed E-state index contributed by atoms with van der Waals surface area (Å²) in [7, 11) is 0. The number of nitrogen functional groups attached to an aromatic ring is 1. The number of rotatable bonds is 3. The summed E-state index contributed by atoms with van der Waals surface area (Å²) in [6.45, 7) is 2.04. The number of halogens is 2. The molecule has 0 saturated heterocycles. The number of fused-ring (bicyclic) bond motifs is 5. The lowest BCUT2D eigenvalue weighted by Crippen LogP contribution is -2.15. The van der Waals surface area contributed by atoms with Gasteiger partial charge in [0.25, 0.3) is 5.91 Å². The summed E-state index contributed by atoms with van der Waals surface area (Å²) in [5, 5.41) is 3.64. The van der Waals surface area contributed by atoms with Crippen molar-refractivity contribution in [2.45, 2.75) is 12.8 Å². The van der Waals surface area contributed by atoms with Crippen molar-refractivity contribution in [2.24, 2.45) is 0 Å². The largest absolute Gasteiger partial charge is 0.459 e. The van der Waals surface area contributed by atoms with Crippen molar-refractivity contribution in [3.8, 4) is 11.1 Å². The topological polar surface area (TPSA) is 94.0 Å². The van der Waals surface area contributed by atoms with E-state index < -0.39 is 0 Å². The first-order valence-electron chi connectivity index (χ1n) is 8.17. The van der Waals surface area contributed by atoms with Gasteiger partial charge in [-0.1, -0.05) is 28.8 Å². The van der Waals surface area contributed by atoms with Gasteiger partial charge in [-0.25, -0.2) is 9.97 Å². The van der Waals surface area contributed by atoms with Crippen molar-refractivity contribution >= 4 is 46.3 Å². The fourth-order valence-corrected chi connectivity index (χ4v) is 3.85. The molecule has 1 atom stereocenters. The molecule has 5 rings (SSSR count). The van der Waals surface area contributed by atoms with Crippen LogP contribution in [0.15, 0.2) is 40.6 Å². The van der Waals surface area contributed by atoms with E-state index in [1.807, 2.05) is 6.92 Å². The number of carbonyl (C=O) groups is 1. The van der Waals surface area contributed by atoms with Crippen LogP contribution in [-0.2, 0) is 0 Å². The summed E-state index contributed by atoms with van der Waals surface area (Å²) >= 11 is 12.0. The van der Waals surface area contributed by atoms with Gasteiger partial charge in [-0.3, -0.25) is 4.79 Å². The molecule has 0 saturated carbocycles. The first-order chi connectivity index (χ1) is 13.0. The molecular weight excluding hydrogens is 387 g/mol. The average molecular weight is 399 g/mol. The predicted octanol–water partition coefficient (Wildman–Crippen LogP) is 4.76. The fourth-order valence-electron chi connectivity index (χ4n) is 3.55. The monoisotopic (exact) mass is 398 g/mol. The highest BCUT2D eigenvalue weighted by Gasteiger charge is 2.51. The third-order valence-electron chi connectivity index (χ3n) is 4.87. The molecule has 27 heavy (non-hydrogen) atoms. The van der Waals surface area contributed by atoms with Crippen LogP contribution in [0.25, 0.3) is 16.7 Å². The number of nitrogens with two attached hydrogens (primary N) is 1. The lowest BCUT2D eigenvalue weighted by Gasteiger charge is -2.11. The summed E-state index contributed by atoms with van der Waals surface area (Å²) in [6, 6.07) is 4.92. The van der Waals surface area contributed by atoms with E-state index in [0.29, 0.717) is 38.2 Å². The van der Waals surface area contributed by atoms with Gasteiger partial charge in [0.05, 0.1) is 21.5 Å². The second-order valence-corrected chi connectivity index (χ2v) is 7.30. The molecule has 3 aromatic rings. The Kier molecular flexibility index (Phi) is 3.38. The van der Waals surface area contributed by atoms with Gasteiger partial charge in [-0.15, -0.1) is 0 Å². The number of benzene rings is 1. The minimum Gasteiger partial charge on any atom is -0.459 e. The highest BCUT2D eigenvalue weighted by atomic mass is 35.5. The molecule has 2 bridgehead atoms. The van der Waals surface area contributed by atoms with Crippen LogP contribution in [0.5, 0.6) is 0 Å². The summed E-state index contributed by atoms with van der Waals surface area (Å²) in [5.41, 5.74) is 10.3. The number of hydrogen-bond donors (Lipinski definition) is 2. The zero-order valence-electron chi connectivity index (χ0n) is 14.0. The molecule has 1 aliphatic carbocycles. The van der Waals surface area contributed by atoms with E-state index in [4.69, 9.17) is 33.4 Å². The van der Waals surface area contributed by atoms with Crippen LogP contribution in [0.2, 0.25) is 10.0 Å². The molecule has 0 fully saturated rings. The quantitative estimate of drug-likeness (QED) is 0.662. The predicted molar refractivity (Wildman–Crippen MR) is 104 cm³/mol. The van der Waals surface area contributed by atoms with Crippen LogP contribution in [0, 0.1) is 0 Å². The zero-order chi connectivity index (χ0) is 18.9. The third kappa shape index (κ3) is 2.37. The van der Waals surface area contributed by atoms with E-state index in [9.17, 15) is 4.79 Å². The Hall–Kier alpha value is -2.83. The van der Waals surface area contributed by atoms with E-state index in [2.05, 4.69) is 15.3 Å². The molecule has 134 valence electrons. The Bertz CT molecular complexity index is 1170. The molecule has 2 aromatic heterocycles. The van der Waals surface area contributed by atoms with Crippen molar-refractivity contribution in [3.05, 3.63) is 63.3 Å². The summed E-state index contributed by atoms with van der Waals surface area (Å²) in [5.74, 6) is 1.40. The minimum absolute atomic E-state index is 0.161. The van der Waals surface area contributed by atoms with Crippen molar-refractivity contribution < 1.29 is 9.21 Å². The van der Waals surface area contributed by atoms with E-state index in [1.165, 1.54) is 5.57 Å². The molecule has 0 unspecified atom stereocenters. The van der Waals surface area contributed by atoms with Crippen LogP contribution in [0.4, 0.5) is 11.6 Å². The molecule has 1 amide bonds. The van der Waals surface area contributed by atoms with E-state index in [1.54, 1.807) is 30.6 Å². The van der Waals surface area contributed by atoms with Crippen LogP contribution < -0.4 is 11.1 Å². The summed E-state index contributed by atoms with van der Waals surface area (Å²) in [4.78, 5) is 21.2. The van der Waals surface area contributed by atoms with Gasteiger partial charge in [0.1, 0.15) is 11.5 Å². The SMILES string of the molecule is CC1=C2c3oc(c(-c4cnc(N)nc4)c3C(=O)Nc3ccc(Cl)c(Cl)c3)[C@@H]12. The summed E-state index contributed by atoms with van der Waals surface area (Å²) in [6.07, 6.45) is 3.19. The molecular formula is C19H12Cl2N4O2. The maximum atomic E-state index is 13.1. The lowest BCUT2D eigenvalue weighted by molar-refractivity contribution is 0.102. The lowest BCUT2D eigenvalue weighted by atomic mass is 9.93. The molecule has 1 aliphatic heterocycles. The maximum absolute atomic E-state index is 13.1. The second-order valence-electron chi connectivity index (χ2n) is 6.49. The van der Waals surface area contributed by atoms with E-state index in [-0.39, 0.29) is 17.8 Å². The number of anilines is 2. The van der Waals surface area contributed by atoms with Gasteiger partial charge in [0.2, 0.25) is 5.95 Å². The molecule has 0 radical (unpaired) electrons. The molecule has 3 heterocycles. The Labute approximate surface area is 164 Å². The van der Waals surface area contributed by atoms with Crippen molar-refractivity contribution in [1.82, 2.24) is 9.97 Å². The molecule has 1 aromatic carbocycles. The third-order valence-corrected chi connectivity index (χ3v) is 5.61. The minimum atomic E-state index is -0.295. The number of amides is 1. The maximum Gasteiger partial charge on any atom is 0.260 e.